The molecule has 0 aliphatic heterocycles. The Morgan fingerprint density at radius 3 is 2.40 bits per heavy atom. The molecule has 3 nitrogen and oxygen atoms in total. The predicted molar refractivity (Wildman–Crippen MR) is 76.6 cm³/mol. The predicted octanol–water partition coefficient (Wildman–Crippen LogP) is 2.99. The van der Waals surface area contributed by atoms with Crippen LogP contribution >= 0.6 is 0 Å². The highest BCUT2D eigenvalue weighted by Gasteiger charge is 2.18. The second-order valence-corrected chi connectivity index (χ2v) is 4.96. The maximum atomic E-state index is 12.9. The summed E-state index contributed by atoms with van der Waals surface area (Å²) in [5.41, 5.74) is 1.76. The van der Waals surface area contributed by atoms with Gasteiger partial charge in [0.25, 0.3) is 0 Å². The first-order valence-electron chi connectivity index (χ1n) is 6.67. The van der Waals surface area contributed by atoms with Crippen LogP contribution in [0, 0.1) is 5.82 Å². The average molecular weight is 274 g/mol. The van der Waals surface area contributed by atoms with Gasteiger partial charge < -0.3 is 10.4 Å². The van der Waals surface area contributed by atoms with E-state index in [0.717, 1.165) is 5.56 Å². The Morgan fingerprint density at radius 2 is 1.80 bits per heavy atom. The summed E-state index contributed by atoms with van der Waals surface area (Å²) >= 11 is 0. The molecule has 0 aliphatic rings. The van der Waals surface area contributed by atoms with Crippen molar-refractivity contribution in [2.45, 2.75) is 32.0 Å². The molecule has 3 unspecified atom stereocenters. The van der Waals surface area contributed by atoms with E-state index in [4.69, 9.17) is 0 Å². The van der Waals surface area contributed by atoms with Crippen LogP contribution in [0.25, 0.3) is 0 Å². The van der Waals surface area contributed by atoms with Crippen molar-refractivity contribution in [1.29, 1.82) is 0 Å². The molecule has 2 N–H and O–H groups in total. The first kappa shape index (κ1) is 14.6. The van der Waals surface area contributed by atoms with Gasteiger partial charge in [-0.15, -0.1) is 0 Å². The van der Waals surface area contributed by atoms with E-state index in [0.29, 0.717) is 5.56 Å². The molecule has 0 radical (unpaired) electrons. The van der Waals surface area contributed by atoms with Crippen molar-refractivity contribution in [2.75, 3.05) is 0 Å². The van der Waals surface area contributed by atoms with E-state index in [2.05, 4.69) is 10.3 Å². The summed E-state index contributed by atoms with van der Waals surface area (Å²) < 4.78 is 12.9. The normalized spacial score (nSPS) is 15.6. The van der Waals surface area contributed by atoms with Gasteiger partial charge in [-0.25, -0.2) is 4.39 Å². The average Bonchev–Trinajstić information content (AvgIpc) is 2.48. The lowest BCUT2D eigenvalue weighted by atomic mass is 10.0. The molecule has 20 heavy (non-hydrogen) atoms. The summed E-state index contributed by atoms with van der Waals surface area (Å²) in [6.07, 6.45) is 2.84. The molecule has 0 amide bonds. The number of aliphatic hydroxyl groups is 1. The number of nitrogens with one attached hydrogen (secondary N) is 1. The minimum atomic E-state index is -0.685. The summed E-state index contributed by atoms with van der Waals surface area (Å²) in [5, 5.41) is 13.6. The number of aliphatic hydroxyl groups excluding tert-OH is 1. The molecule has 3 atom stereocenters. The van der Waals surface area contributed by atoms with Crippen LogP contribution in [0.2, 0.25) is 0 Å². The Bertz CT molecular complexity index is 530. The number of pyridine rings is 1. The molecule has 4 heteroatoms. The van der Waals surface area contributed by atoms with Gasteiger partial charge in [0.2, 0.25) is 0 Å². The van der Waals surface area contributed by atoms with Crippen LogP contribution in [-0.2, 0) is 0 Å². The van der Waals surface area contributed by atoms with Crippen LogP contribution in [-0.4, -0.2) is 16.1 Å². The summed E-state index contributed by atoms with van der Waals surface area (Å²) in [7, 11) is 0. The number of hydrogen-bond acceptors (Lipinski definition) is 3. The van der Waals surface area contributed by atoms with Crippen LogP contribution in [0.15, 0.2) is 48.8 Å². The van der Waals surface area contributed by atoms with Gasteiger partial charge in [0, 0.05) is 24.5 Å². The van der Waals surface area contributed by atoms with Crippen molar-refractivity contribution >= 4 is 0 Å². The highest BCUT2D eigenvalue weighted by molar-refractivity contribution is 5.20. The molecule has 1 heterocycles. The molecule has 0 bridgehead atoms. The fourth-order valence-electron chi connectivity index (χ4n) is 2.16. The minimum absolute atomic E-state index is 0.0776. The summed E-state index contributed by atoms with van der Waals surface area (Å²) in [6, 6.07) is 9.71. The maximum absolute atomic E-state index is 12.9. The van der Waals surface area contributed by atoms with Gasteiger partial charge in [0.05, 0.1) is 6.10 Å². The van der Waals surface area contributed by atoms with Crippen LogP contribution < -0.4 is 5.32 Å². The number of nitrogens with zero attached hydrogens (tertiary/aromatic N) is 1. The number of hydrogen-bond donors (Lipinski definition) is 2. The number of benzene rings is 1. The molecule has 0 saturated heterocycles. The van der Waals surface area contributed by atoms with E-state index < -0.39 is 6.10 Å². The Labute approximate surface area is 118 Å². The quantitative estimate of drug-likeness (QED) is 0.881. The van der Waals surface area contributed by atoms with Crippen molar-refractivity contribution < 1.29 is 9.50 Å². The van der Waals surface area contributed by atoms with Gasteiger partial charge in [-0.2, -0.15) is 0 Å². The highest BCUT2D eigenvalue weighted by atomic mass is 19.1. The number of aromatic nitrogens is 1. The molecule has 0 saturated carbocycles. The number of halogens is 1. The third-order valence-corrected chi connectivity index (χ3v) is 3.38. The minimum Gasteiger partial charge on any atom is -0.387 e. The molecule has 0 aliphatic carbocycles. The zero-order valence-electron chi connectivity index (χ0n) is 11.6. The Hall–Kier alpha value is -1.78. The maximum Gasteiger partial charge on any atom is 0.123 e. The van der Waals surface area contributed by atoms with E-state index >= 15 is 0 Å². The molecule has 1 aromatic heterocycles. The first-order valence-corrected chi connectivity index (χ1v) is 6.67. The molecule has 1 aromatic carbocycles. The smallest absolute Gasteiger partial charge is 0.123 e. The van der Waals surface area contributed by atoms with E-state index in [-0.39, 0.29) is 17.9 Å². The van der Waals surface area contributed by atoms with Crippen molar-refractivity contribution in [2.24, 2.45) is 0 Å². The SMILES string of the molecule is CC(NC(C)C(O)c1ccc(F)cc1)c1cccnc1. The van der Waals surface area contributed by atoms with Crippen molar-refractivity contribution in [3.8, 4) is 0 Å². The Morgan fingerprint density at radius 1 is 1.10 bits per heavy atom. The summed E-state index contributed by atoms with van der Waals surface area (Å²) in [6.45, 7) is 3.92. The van der Waals surface area contributed by atoms with Crippen LogP contribution in [0.4, 0.5) is 4.39 Å². The molecular weight excluding hydrogens is 255 g/mol. The molecule has 2 aromatic rings. The molecule has 0 fully saturated rings. The lowest BCUT2D eigenvalue weighted by molar-refractivity contribution is 0.130. The topological polar surface area (TPSA) is 45.1 Å². The fourth-order valence-corrected chi connectivity index (χ4v) is 2.16. The highest BCUT2D eigenvalue weighted by Crippen LogP contribution is 2.20. The second-order valence-electron chi connectivity index (χ2n) is 4.96. The Kier molecular flexibility index (Phi) is 4.82. The number of rotatable bonds is 5. The van der Waals surface area contributed by atoms with Gasteiger partial charge in [0.15, 0.2) is 0 Å². The third kappa shape index (κ3) is 3.62. The molecule has 106 valence electrons. The zero-order chi connectivity index (χ0) is 14.5. The van der Waals surface area contributed by atoms with Crippen molar-refractivity contribution in [3.63, 3.8) is 0 Å². The third-order valence-electron chi connectivity index (χ3n) is 3.38. The van der Waals surface area contributed by atoms with E-state index in [1.54, 1.807) is 24.5 Å². The zero-order valence-corrected chi connectivity index (χ0v) is 11.6. The lowest BCUT2D eigenvalue weighted by Gasteiger charge is -2.24. The van der Waals surface area contributed by atoms with Gasteiger partial charge in [-0.05, 0) is 43.2 Å². The standard InChI is InChI=1S/C16H19FN2O/c1-11(14-4-3-9-18-10-14)19-12(2)16(20)13-5-7-15(17)8-6-13/h3-12,16,19-20H,1-2H3. The van der Waals surface area contributed by atoms with Crippen molar-refractivity contribution in [1.82, 2.24) is 10.3 Å². The first-order chi connectivity index (χ1) is 9.58. The fraction of sp³-hybridized carbons (Fsp3) is 0.312. The van der Waals surface area contributed by atoms with Gasteiger partial charge in [-0.1, -0.05) is 18.2 Å². The largest absolute Gasteiger partial charge is 0.387 e. The van der Waals surface area contributed by atoms with Crippen LogP contribution in [0.3, 0.4) is 0 Å². The lowest BCUT2D eigenvalue weighted by Crippen LogP contribution is -2.34. The van der Waals surface area contributed by atoms with Crippen molar-refractivity contribution in [3.05, 3.63) is 65.7 Å². The summed E-state index contributed by atoms with van der Waals surface area (Å²) in [4.78, 5) is 4.08. The van der Waals surface area contributed by atoms with E-state index in [1.807, 2.05) is 26.0 Å². The van der Waals surface area contributed by atoms with E-state index in [9.17, 15) is 9.50 Å². The molecular formula is C16H19FN2O. The van der Waals surface area contributed by atoms with Gasteiger partial charge in [-0.3, -0.25) is 4.98 Å². The summed E-state index contributed by atoms with van der Waals surface area (Å²) in [5.74, 6) is -0.301. The second kappa shape index (κ2) is 6.59. The van der Waals surface area contributed by atoms with Crippen LogP contribution in [0.1, 0.15) is 37.1 Å². The molecule has 2 rings (SSSR count). The molecule has 0 spiro atoms. The monoisotopic (exact) mass is 274 g/mol. The van der Waals surface area contributed by atoms with Crippen LogP contribution in [0.5, 0.6) is 0 Å². The van der Waals surface area contributed by atoms with Gasteiger partial charge in [0.1, 0.15) is 5.82 Å². The van der Waals surface area contributed by atoms with Gasteiger partial charge >= 0.3 is 0 Å². The Balaban J connectivity index is 2.00. The van der Waals surface area contributed by atoms with E-state index in [1.165, 1.54) is 12.1 Å².